The standard InChI is InChI=1S/C17H17N3O2S/c1-10-6-3-4-7-12(10)19-16(21)14-11(2)18-17(22)20-15(14)13-8-5-9-23-13/h3-9,15H,1-2H3,(H,19,21)(H2,18,20,22)/t15-/m0/s1. The van der Waals surface area contributed by atoms with Crippen LogP contribution in [0.4, 0.5) is 10.5 Å². The van der Waals surface area contributed by atoms with Crippen LogP contribution in [0.2, 0.25) is 0 Å². The molecule has 0 bridgehead atoms. The monoisotopic (exact) mass is 327 g/mol. The fraction of sp³-hybridized carbons (Fsp3) is 0.176. The number of hydrogen-bond donors (Lipinski definition) is 3. The number of carbonyl (C=O) groups is 2. The summed E-state index contributed by atoms with van der Waals surface area (Å²) in [5, 5.41) is 10.4. The lowest BCUT2D eigenvalue weighted by Crippen LogP contribution is -2.45. The molecular formula is C17H17N3O2S. The van der Waals surface area contributed by atoms with Gasteiger partial charge in [0.2, 0.25) is 0 Å². The molecule has 0 aliphatic carbocycles. The zero-order valence-electron chi connectivity index (χ0n) is 12.8. The first-order chi connectivity index (χ1) is 11.1. The van der Waals surface area contributed by atoms with Crippen LogP contribution in [-0.2, 0) is 4.79 Å². The highest BCUT2D eigenvalue weighted by Gasteiger charge is 2.31. The zero-order valence-corrected chi connectivity index (χ0v) is 13.7. The molecular weight excluding hydrogens is 310 g/mol. The Morgan fingerprint density at radius 3 is 2.65 bits per heavy atom. The third-order valence-corrected chi connectivity index (χ3v) is 4.67. The van der Waals surface area contributed by atoms with Gasteiger partial charge in [0.15, 0.2) is 0 Å². The van der Waals surface area contributed by atoms with E-state index in [0.29, 0.717) is 11.3 Å². The van der Waals surface area contributed by atoms with E-state index in [4.69, 9.17) is 0 Å². The Balaban J connectivity index is 1.94. The van der Waals surface area contributed by atoms with Crippen molar-refractivity contribution < 1.29 is 9.59 Å². The van der Waals surface area contributed by atoms with E-state index in [1.54, 1.807) is 6.92 Å². The van der Waals surface area contributed by atoms with Crippen LogP contribution in [0.5, 0.6) is 0 Å². The van der Waals surface area contributed by atoms with Crippen molar-refractivity contribution in [3.05, 3.63) is 63.5 Å². The highest BCUT2D eigenvalue weighted by atomic mass is 32.1. The molecule has 1 atom stereocenters. The number of hydrogen-bond acceptors (Lipinski definition) is 3. The van der Waals surface area contributed by atoms with Gasteiger partial charge in [-0.3, -0.25) is 4.79 Å². The van der Waals surface area contributed by atoms with Gasteiger partial charge in [-0.25, -0.2) is 4.79 Å². The van der Waals surface area contributed by atoms with Crippen molar-refractivity contribution in [2.24, 2.45) is 0 Å². The van der Waals surface area contributed by atoms with Crippen molar-refractivity contribution in [3.8, 4) is 0 Å². The van der Waals surface area contributed by atoms with Gasteiger partial charge in [-0.2, -0.15) is 0 Å². The summed E-state index contributed by atoms with van der Waals surface area (Å²) in [6.07, 6.45) is 0. The van der Waals surface area contributed by atoms with Gasteiger partial charge >= 0.3 is 6.03 Å². The van der Waals surface area contributed by atoms with Crippen LogP contribution < -0.4 is 16.0 Å². The fourth-order valence-corrected chi connectivity index (χ4v) is 3.35. The first kappa shape index (κ1) is 15.3. The molecule has 0 spiro atoms. The van der Waals surface area contributed by atoms with Gasteiger partial charge in [-0.05, 0) is 36.9 Å². The molecule has 1 aromatic heterocycles. The van der Waals surface area contributed by atoms with E-state index in [1.807, 2.05) is 48.7 Å². The highest BCUT2D eigenvalue weighted by molar-refractivity contribution is 7.10. The summed E-state index contributed by atoms with van der Waals surface area (Å²) in [4.78, 5) is 25.5. The second-order valence-corrected chi connectivity index (χ2v) is 6.33. The number of anilines is 1. The van der Waals surface area contributed by atoms with Crippen LogP contribution in [0.15, 0.2) is 53.0 Å². The number of allylic oxidation sites excluding steroid dienone is 1. The number of para-hydroxylation sites is 1. The summed E-state index contributed by atoms with van der Waals surface area (Å²) in [5.74, 6) is -0.220. The fourth-order valence-electron chi connectivity index (χ4n) is 2.57. The molecule has 3 amide bonds. The number of thiophene rings is 1. The van der Waals surface area contributed by atoms with Crippen molar-refractivity contribution in [2.75, 3.05) is 5.32 Å². The average Bonchev–Trinajstić information content (AvgIpc) is 3.03. The Bertz CT molecular complexity index is 781. The van der Waals surface area contributed by atoms with Gasteiger partial charge in [-0.15, -0.1) is 11.3 Å². The van der Waals surface area contributed by atoms with Gasteiger partial charge in [0.1, 0.15) is 0 Å². The molecule has 118 valence electrons. The minimum Gasteiger partial charge on any atom is -0.326 e. The number of benzene rings is 1. The number of nitrogens with one attached hydrogen (secondary N) is 3. The summed E-state index contributed by atoms with van der Waals surface area (Å²) >= 11 is 1.51. The molecule has 23 heavy (non-hydrogen) atoms. The Kier molecular flexibility index (Phi) is 4.16. The topological polar surface area (TPSA) is 70.2 Å². The van der Waals surface area contributed by atoms with Crippen LogP contribution in [0, 0.1) is 6.92 Å². The Hall–Kier alpha value is -2.60. The number of rotatable bonds is 3. The van der Waals surface area contributed by atoms with E-state index < -0.39 is 6.04 Å². The quantitative estimate of drug-likeness (QED) is 0.809. The molecule has 0 saturated heterocycles. The van der Waals surface area contributed by atoms with Gasteiger partial charge in [0, 0.05) is 16.3 Å². The molecule has 2 aromatic rings. The van der Waals surface area contributed by atoms with Crippen molar-refractivity contribution in [2.45, 2.75) is 19.9 Å². The summed E-state index contributed by atoms with van der Waals surface area (Å²) in [6.45, 7) is 3.68. The largest absolute Gasteiger partial charge is 0.326 e. The molecule has 3 N–H and O–H groups in total. The summed E-state index contributed by atoms with van der Waals surface area (Å²) in [5.41, 5.74) is 2.84. The molecule has 0 radical (unpaired) electrons. The van der Waals surface area contributed by atoms with Crippen LogP contribution >= 0.6 is 11.3 Å². The Morgan fingerprint density at radius 2 is 1.96 bits per heavy atom. The summed E-state index contributed by atoms with van der Waals surface area (Å²) in [6, 6.07) is 10.7. The van der Waals surface area contributed by atoms with E-state index in [9.17, 15) is 9.59 Å². The molecule has 2 heterocycles. The molecule has 1 aromatic carbocycles. The third kappa shape index (κ3) is 3.12. The second kappa shape index (κ2) is 6.26. The van der Waals surface area contributed by atoms with Gasteiger partial charge < -0.3 is 16.0 Å². The first-order valence-electron chi connectivity index (χ1n) is 7.25. The summed E-state index contributed by atoms with van der Waals surface area (Å²) < 4.78 is 0. The van der Waals surface area contributed by atoms with E-state index in [-0.39, 0.29) is 11.9 Å². The SMILES string of the molecule is CC1=C(C(=O)Nc2ccccc2C)[C@H](c2cccs2)NC(=O)N1. The first-order valence-corrected chi connectivity index (χ1v) is 8.13. The molecule has 0 saturated carbocycles. The Labute approximate surface area is 138 Å². The van der Waals surface area contributed by atoms with Gasteiger partial charge in [-0.1, -0.05) is 24.3 Å². The predicted molar refractivity (Wildman–Crippen MR) is 91.2 cm³/mol. The average molecular weight is 327 g/mol. The van der Waals surface area contributed by atoms with Crippen LogP contribution in [0.3, 0.4) is 0 Å². The molecule has 1 aliphatic heterocycles. The highest BCUT2D eigenvalue weighted by Crippen LogP contribution is 2.30. The van der Waals surface area contributed by atoms with Gasteiger partial charge in [0.25, 0.3) is 5.91 Å². The second-order valence-electron chi connectivity index (χ2n) is 5.35. The van der Waals surface area contributed by atoms with Gasteiger partial charge in [0.05, 0.1) is 11.6 Å². The number of amides is 3. The smallest absolute Gasteiger partial charge is 0.319 e. The maximum atomic E-state index is 12.8. The number of carbonyl (C=O) groups excluding carboxylic acids is 2. The zero-order chi connectivity index (χ0) is 16.4. The number of aryl methyl sites for hydroxylation is 1. The van der Waals surface area contributed by atoms with Crippen LogP contribution in [0.25, 0.3) is 0 Å². The summed E-state index contributed by atoms with van der Waals surface area (Å²) in [7, 11) is 0. The molecule has 0 fully saturated rings. The Morgan fingerprint density at radius 1 is 1.17 bits per heavy atom. The lowest BCUT2D eigenvalue weighted by atomic mass is 10.0. The maximum absolute atomic E-state index is 12.8. The van der Waals surface area contributed by atoms with E-state index in [2.05, 4.69) is 16.0 Å². The molecule has 6 heteroatoms. The minimum absolute atomic E-state index is 0.220. The lowest BCUT2D eigenvalue weighted by Gasteiger charge is -2.27. The van der Waals surface area contributed by atoms with Crippen LogP contribution in [0.1, 0.15) is 23.4 Å². The van der Waals surface area contributed by atoms with E-state index in [1.165, 1.54) is 11.3 Å². The normalized spacial score (nSPS) is 17.5. The minimum atomic E-state index is -0.437. The molecule has 3 rings (SSSR count). The predicted octanol–water partition coefficient (Wildman–Crippen LogP) is 3.32. The third-order valence-electron chi connectivity index (χ3n) is 3.73. The van der Waals surface area contributed by atoms with Crippen molar-refractivity contribution in [3.63, 3.8) is 0 Å². The maximum Gasteiger partial charge on any atom is 0.319 e. The van der Waals surface area contributed by atoms with E-state index in [0.717, 1.165) is 16.1 Å². The lowest BCUT2D eigenvalue weighted by molar-refractivity contribution is -0.113. The molecule has 5 nitrogen and oxygen atoms in total. The molecule has 0 unspecified atom stereocenters. The van der Waals surface area contributed by atoms with Crippen molar-refractivity contribution in [1.29, 1.82) is 0 Å². The molecule has 1 aliphatic rings. The van der Waals surface area contributed by atoms with Crippen molar-refractivity contribution in [1.82, 2.24) is 10.6 Å². The van der Waals surface area contributed by atoms with Crippen LogP contribution in [-0.4, -0.2) is 11.9 Å². The number of urea groups is 1. The van der Waals surface area contributed by atoms with Crippen molar-refractivity contribution >= 4 is 29.0 Å². The van der Waals surface area contributed by atoms with E-state index >= 15 is 0 Å².